The highest BCUT2D eigenvalue weighted by Crippen LogP contribution is 2.34. The van der Waals surface area contributed by atoms with Crippen LogP contribution in [0, 0.1) is 0 Å². The van der Waals surface area contributed by atoms with Crippen LogP contribution in [0.1, 0.15) is 11.7 Å². The number of halogens is 1. The fraction of sp³-hybridized carbons (Fsp3) is 0.727. The molecule has 0 amide bonds. The van der Waals surface area contributed by atoms with Crippen LogP contribution in [-0.2, 0) is 11.3 Å². The molecule has 7 heteroatoms. The van der Waals surface area contributed by atoms with Crippen LogP contribution in [0.15, 0.2) is 6.20 Å². The SMILES string of the molecule is COCCn1ncc(Cl)c1C(N)C1CSCCS1. The predicted molar refractivity (Wildman–Crippen MR) is 79.6 cm³/mol. The molecule has 1 aliphatic rings. The number of rotatable bonds is 5. The van der Waals surface area contributed by atoms with Gasteiger partial charge in [0.2, 0.25) is 0 Å². The molecule has 2 heterocycles. The van der Waals surface area contributed by atoms with Gasteiger partial charge in [-0.25, -0.2) is 0 Å². The second kappa shape index (κ2) is 7.05. The molecule has 0 saturated carbocycles. The van der Waals surface area contributed by atoms with E-state index in [1.54, 1.807) is 13.3 Å². The molecule has 1 aliphatic heterocycles. The van der Waals surface area contributed by atoms with Crippen LogP contribution in [-0.4, -0.2) is 46.0 Å². The zero-order valence-electron chi connectivity index (χ0n) is 10.3. The van der Waals surface area contributed by atoms with Gasteiger partial charge in [-0.3, -0.25) is 4.68 Å². The van der Waals surface area contributed by atoms with Gasteiger partial charge in [-0.05, 0) is 0 Å². The van der Waals surface area contributed by atoms with Crippen molar-refractivity contribution in [1.82, 2.24) is 9.78 Å². The molecule has 0 bridgehead atoms. The number of hydrogen-bond donors (Lipinski definition) is 1. The van der Waals surface area contributed by atoms with E-state index in [9.17, 15) is 0 Å². The fourth-order valence-corrected chi connectivity index (χ4v) is 4.99. The number of hydrogen-bond acceptors (Lipinski definition) is 5. The number of aromatic nitrogens is 2. The van der Waals surface area contributed by atoms with Gasteiger partial charge in [0, 0.05) is 29.6 Å². The highest BCUT2D eigenvalue weighted by Gasteiger charge is 2.27. The van der Waals surface area contributed by atoms with Crippen molar-refractivity contribution >= 4 is 35.1 Å². The zero-order valence-corrected chi connectivity index (χ0v) is 12.7. The summed E-state index contributed by atoms with van der Waals surface area (Å²) in [5, 5.41) is 5.36. The summed E-state index contributed by atoms with van der Waals surface area (Å²) in [6.45, 7) is 1.31. The van der Waals surface area contributed by atoms with Gasteiger partial charge in [-0.1, -0.05) is 11.6 Å². The van der Waals surface area contributed by atoms with Gasteiger partial charge in [0.15, 0.2) is 0 Å². The average Bonchev–Trinajstić information content (AvgIpc) is 2.77. The van der Waals surface area contributed by atoms with Gasteiger partial charge < -0.3 is 10.5 Å². The first kappa shape index (κ1) is 14.5. The lowest BCUT2D eigenvalue weighted by Gasteiger charge is -2.27. The second-order valence-electron chi connectivity index (χ2n) is 4.10. The number of methoxy groups -OCH3 is 1. The molecule has 1 fully saturated rings. The highest BCUT2D eigenvalue weighted by molar-refractivity contribution is 8.06. The molecule has 18 heavy (non-hydrogen) atoms. The van der Waals surface area contributed by atoms with E-state index in [1.807, 2.05) is 28.2 Å². The topological polar surface area (TPSA) is 53.1 Å². The standard InChI is InChI=1S/C11H18ClN3OS2/c1-16-3-2-15-11(8(12)6-14-15)10(13)9-7-17-4-5-18-9/h6,9-10H,2-5,7,13H2,1H3. The first-order valence-electron chi connectivity index (χ1n) is 5.89. The molecule has 1 aromatic heterocycles. The molecule has 0 spiro atoms. The first-order valence-corrected chi connectivity index (χ1v) is 8.47. The molecule has 2 N–H and O–H groups in total. The molecule has 0 aromatic carbocycles. The maximum absolute atomic E-state index is 6.37. The number of thioether (sulfide) groups is 2. The van der Waals surface area contributed by atoms with Crippen molar-refractivity contribution in [3.05, 3.63) is 16.9 Å². The quantitative estimate of drug-likeness (QED) is 0.902. The Hall–Kier alpha value is 0.120. The molecule has 0 radical (unpaired) electrons. The lowest BCUT2D eigenvalue weighted by molar-refractivity contribution is 0.182. The van der Waals surface area contributed by atoms with E-state index in [0.717, 1.165) is 17.2 Å². The van der Waals surface area contributed by atoms with Crippen molar-refractivity contribution < 1.29 is 4.74 Å². The molecule has 1 aromatic rings. The number of nitrogens with zero attached hydrogens (tertiary/aromatic N) is 2. The van der Waals surface area contributed by atoms with Crippen LogP contribution in [0.25, 0.3) is 0 Å². The third-order valence-corrected chi connectivity index (χ3v) is 6.07. The van der Waals surface area contributed by atoms with Gasteiger partial charge in [0.1, 0.15) is 0 Å². The summed E-state index contributed by atoms with van der Waals surface area (Å²) in [4.78, 5) is 0. The minimum Gasteiger partial charge on any atom is -0.383 e. The van der Waals surface area contributed by atoms with Crippen molar-refractivity contribution in [3.63, 3.8) is 0 Å². The normalized spacial score (nSPS) is 22.1. The fourth-order valence-electron chi connectivity index (χ4n) is 1.95. The van der Waals surface area contributed by atoms with E-state index in [0.29, 0.717) is 23.4 Å². The van der Waals surface area contributed by atoms with E-state index in [4.69, 9.17) is 22.1 Å². The monoisotopic (exact) mass is 307 g/mol. The van der Waals surface area contributed by atoms with Crippen molar-refractivity contribution in [3.8, 4) is 0 Å². The molecule has 2 atom stereocenters. The maximum Gasteiger partial charge on any atom is 0.0834 e. The van der Waals surface area contributed by atoms with E-state index in [-0.39, 0.29) is 6.04 Å². The Bertz CT molecular complexity index is 382. The van der Waals surface area contributed by atoms with E-state index in [1.165, 1.54) is 5.75 Å². The zero-order chi connectivity index (χ0) is 13.0. The van der Waals surface area contributed by atoms with E-state index >= 15 is 0 Å². The van der Waals surface area contributed by atoms with Gasteiger partial charge in [-0.2, -0.15) is 28.6 Å². The van der Waals surface area contributed by atoms with Crippen molar-refractivity contribution in [2.24, 2.45) is 5.73 Å². The second-order valence-corrected chi connectivity index (χ2v) is 7.01. The van der Waals surface area contributed by atoms with Crippen LogP contribution in [0.3, 0.4) is 0 Å². The van der Waals surface area contributed by atoms with Gasteiger partial charge in [0.25, 0.3) is 0 Å². The summed E-state index contributed by atoms with van der Waals surface area (Å²) in [5.41, 5.74) is 7.31. The van der Waals surface area contributed by atoms with Gasteiger partial charge in [-0.15, -0.1) is 0 Å². The van der Waals surface area contributed by atoms with E-state index in [2.05, 4.69) is 5.10 Å². The summed E-state index contributed by atoms with van der Waals surface area (Å²) >= 11 is 10.1. The lowest BCUT2D eigenvalue weighted by atomic mass is 10.1. The summed E-state index contributed by atoms with van der Waals surface area (Å²) < 4.78 is 6.95. The molecule has 0 aliphatic carbocycles. The van der Waals surface area contributed by atoms with Crippen molar-refractivity contribution in [2.45, 2.75) is 17.8 Å². The molecular weight excluding hydrogens is 290 g/mol. The molecule has 1 saturated heterocycles. The Labute approximate surface area is 121 Å². The highest BCUT2D eigenvalue weighted by atomic mass is 35.5. The largest absolute Gasteiger partial charge is 0.383 e. The first-order chi connectivity index (χ1) is 8.74. The summed E-state index contributed by atoms with van der Waals surface area (Å²) in [7, 11) is 1.68. The molecule has 2 rings (SSSR count). The molecule has 102 valence electrons. The minimum atomic E-state index is -0.0605. The van der Waals surface area contributed by atoms with E-state index < -0.39 is 0 Å². The third kappa shape index (κ3) is 3.36. The van der Waals surface area contributed by atoms with Crippen LogP contribution in [0.4, 0.5) is 0 Å². The Morgan fingerprint density at radius 1 is 1.67 bits per heavy atom. The van der Waals surface area contributed by atoms with Crippen molar-refractivity contribution in [2.75, 3.05) is 31.0 Å². The number of ether oxygens (including phenoxy) is 1. The summed E-state index contributed by atoms with van der Waals surface area (Å²) in [6, 6.07) is -0.0605. The Morgan fingerprint density at radius 2 is 2.50 bits per heavy atom. The van der Waals surface area contributed by atoms with Gasteiger partial charge >= 0.3 is 0 Å². The Kier molecular flexibility index (Phi) is 5.69. The van der Waals surface area contributed by atoms with Crippen LogP contribution >= 0.6 is 35.1 Å². The van der Waals surface area contributed by atoms with Crippen molar-refractivity contribution in [1.29, 1.82) is 0 Å². The van der Waals surface area contributed by atoms with Gasteiger partial charge in [0.05, 0.1) is 36.1 Å². The van der Waals surface area contributed by atoms with Crippen LogP contribution in [0.2, 0.25) is 5.02 Å². The minimum absolute atomic E-state index is 0.0605. The molecule has 4 nitrogen and oxygen atoms in total. The van der Waals surface area contributed by atoms with Crippen LogP contribution < -0.4 is 5.73 Å². The van der Waals surface area contributed by atoms with Crippen LogP contribution in [0.5, 0.6) is 0 Å². The summed E-state index contributed by atoms with van der Waals surface area (Å²) in [6.07, 6.45) is 1.67. The average molecular weight is 308 g/mol. The Balaban J connectivity index is 2.12. The lowest BCUT2D eigenvalue weighted by Crippen LogP contribution is -2.31. The summed E-state index contributed by atoms with van der Waals surface area (Å²) in [5.74, 6) is 3.45. The smallest absolute Gasteiger partial charge is 0.0834 e. The predicted octanol–water partition coefficient (Wildman–Crippen LogP) is 2.03. The maximum atomic E-state index is 6.37. The molecule has 2 unspecified atom stereocenters. The number of nitrogens with two attached hydrogens (primary N) is 1. The third-order valence-electron chi connectivity index (χ3n) is 2.90. The Morgan fingerprint density at radius 3 is 3.17 bits per heavy atom. The molecular formula is C11H18ClN3OS2.